The molecule has 0 unspecified atom stereocenters. The van der Waals surface area contributed by atoms with E-state index in [1.165, 1.54) is 5.56 Å². The summed E-state index contributed by atoms with van der Waals surface area (Å²) in [5.74, 6) is 0.967. The van der Waals surface area contributed by atoms with Crippen LogP contribution in [0.3, 0.4) is 0 Å². The van der Waals surface area contributed by atoms with E-state index in [2.05, 4.69) is 58.1 Å². The molecule has 102 valence electrons. The molecule has 0 saturated carbocycles. The smallest absolute Gasteiger partial charge is 0.119 e. The van der Waals surface area contributed by atoms with Gasteiger partial charge < -0.3 is 10.1 Å². The van der Waals surface area contributed by atoms with Gasteiger partial charge in [0.2, 0.25) is 0 Å². The Hall–Kier alpha value is -1.02. The largest absolute Gasteiger partial charge is 0.494 e. The first-order chi connectivity index (χ1) is 8.24. The third-order valence-electron chi connectivity index (χ3n) is 3.37. The second-order valence-electron chi connectivity index (χ2n) is 6.51. The van der Waals surface area contributed by atoms with Crippen molar-refractivity contribution in [2.24, 2.45) is 0 Å². The Labute approximate surface area is 112 Å². The molecule has 1 aromatic carbocycles. The van der Waals surface area contributed by atoms with E-state index in [0.29, 0.717) is 0 Å². The molecule has 0 aliphatic heterocycles. The van der Waals surface area contributed by atoms with Gasteiger partial charge in [0.05, 0.1) is 6.61 Å². The van der Waals surface area contributed by atoms with Crippen LogP contribution in [-0.4, -0.2) is 19.2 Å². The van der Waals surface area contributed by atoms with E-state index in [1.54, 1.807) is 0 Å². The molecule has 1 N–H and O–H groups in total. The maximum absolute atomic E-state index is 5.84. The summed E-state index contributed by atoms with van der Waals surface area (Å²) in [5.41, 5.74) is 1.61. The Morgan fingerprint density at radius 1 is 1.11 bits per heavy atom. The van der Waals surface area contributed by atoms with Crippen molar-refractivity contribution in [3.05, 3.63) is 29.8 Å². The maximum atomic E-state index is 5.84. The van der Waals surface area contributed by atoms with Crippen molar-refractivity contribution in [2.75, 3.05) is 13.7 Å². The van der Waals surface area contributed by atoms with E-state index < -0.39 is 0 Å². The zero-order valence-corrected chi connectivity index (χ0v) is 12.6. The van der Waals surface area contributed by atoms with Crippen molar-refractivity contribution in [2.45, 2.75) is 52.0 Å². The van der Waals surface area contributed by atoms with Crippen molar-refractivity contribution in [3.63, 3.8) is 0 Å². The molecule has 0 spiro atoms. The fraction of sp³-hybridized carbons (Fsp3) is 0.625. The number of hydrogen-bond acceptors (Lipinski definition) is 2. The molecule has 2 nitrogen and oxygen atoms in total. The Balaban J connectivity index is 2.59. The molecule has 0 fully saturated rings. The average Bonchev–Trinajstić information content (AvgIpc) is 2.28. The molecule has 1 rings (SSSR count). The van der Waals surface area contributed by atoms with Gasteiger partial charge in [0.15, 0.2) is 0 Å². The normalized spacial score (nSPS) is 12.6. The molecular formula is C16H27NO. The van der Waals surface area contributed by atoms with Gasteiger partial charge in [0, 0.05) is 5.54 Å². The fourth-order valence-electron chi connectivity index (χ4n) is 1.60. The van der Waals surface area contributed by atoms with E-state index in [0.717, 1.165) is 18.8 Å². The minimum atomic E-state index is 0.127. The lowest BCUT2D eigenvalue weighted by Gasteiger charge is -2.24. The van der Waals surface area contributed by atoms with Crippen LogP contribution in [0.15, 0.2) is 24.3 Å². The third kappa shape index (κ3) is 4.69. The number of benzene rings is 1. The van der Waals surface area contributed by atoms with Crippen LogP contribution in [-0.2, 0) is 5.41 Å². The van der Waals surface area contributed by atoms with E-state index >= 15 is 0 Å². The van der Waals surface area contributed by atoms with Gasteiger partial charge in [0.25, 0.3) is 0 Å². The van der Waals surface area contributed by atoms with E-state index in [4.69, 9.17) is 4.74 Å². The van der Waals surface area contributed by atoms with Crippen molar-refractivity contribution in [1.82, 2.24) is 5.32 Å². The van der Waals surface area contributed by atoms with Crippen molar-refractivity contribution in [1.29, 1.82) is 0 Å². The lowest BCUT2D eigenvalue weighted by atomic mass is 9.87. The number of ether oxygens (including phenoxy) is 1. The fourth-order valence-corrected chi connectivity index (χ4v) is 1.60. The van der Waals surface area contributed by atoms with Crippen LogP contribution >= 0.6 is 0 Å². The number of rotatable bonds is 5. The molecule has 0 bridgehead atoms. The molecular weight excluding hydrogens is 222 g/mol. The summed E-state index contributed by atoms with van der Waals surface area (Å²) in [6, 6.07) is 8.40. The first-order valence-corrected chi connectivity index (χ1v) is 6.67. The zero-order chi connectivity index (χ0) is 13.8. The molecule has 0 amide bonds. The maximum Gasteiger partial charge on any atom is 0.119 e. The second-order valence-corrected chi connectivity index (χ2v) is 6.51. The first-order valence-electron chi connectivity index (χ1n) is 6.67. The first kappa shape index (κ1) is 15.0. The van der Waals surface area contributed by atoms with Gasteiger partial charge >= 0.3 is 0 Å². The topological polar surface area (TPSA) is 21.3 Å². The quantitative estimate of drug-likeness (QED) is 0.858. The van der Waals surface area contributed by atoms with Crippen LogP contribution in [0.1, 0.15) is 46.6 Å². The summed E-state index contributed by atoms with van der Waals surface area (Å²) in [6.45, 7) is 11.8. The van der Waals surface area contributed by atoms with Gasteiger partial charge in [-0.05, 0) is 50.4 Å². The molecule has 2 heteroatoms. The van der Waals surface area contributed by atoms with Crippen LogP contribution in [0, 0.1) is 0 Å². The van der Waals surface area contributed by atoms with Gasteiger partial charge in [-0.1, -0.05) is 32.9 Å². The molecule has 0 saturated heterocycles. The highest BCUT2D eigenvalue weighted by atomic mass is 16.5. The van der Waals surface area contributed by atoms with Crippen molar-refractivity contribution in [3.8, 4) is 5.75 Å². The molecule has 0 aromatic heterocycles. The molecule has 0 aliphatic carbocycles. The predicted molar refractivity (Wildman–Crippen MR) is 78.4 cm³/mol. The summed E-state index contributed by atoms with van der Waals surface area (Å²) in [5, 5.41) is 3.28. The molecule has 0 aliphatic rings. The Kier molecular flexibility index (Phi) is 4.80. The highest BCUT2D eigenvalue weighted by Gasteiger charge is 2.16. The van der Waals surface area contributed by atoms with Crippen molar-refractivity contribution < 1.29 is 4.74 Å². The Morgan fingerprint density at radius 3 is 2.33 bits per heavy atom. The molecule has 18 heavy (non-hydrogen) atoms. The van der Waals surface area contributed by atoms with Gasteiger partial charge in [-0.2, -0.15) is 0 Å². The summed E-state index contributed by atoms with van der Waals surface area (Å²) >= 11 is 0. The summed E-state index contributed by atoms with van der Waals surface area (Å²) in [4.78, 5) is 0. The van der Waals surface area contributed by atoms with E-state index in [9.17, 15) is 0 Å². The van der Waals surface area contributed by atoms with Crippen LogP contribution in [0.2, 0.25) is 0 Å². The zero-order valence-electron chi connectivity index (χ0n) is 12.6. The number of nitrogens with one attached hydrogen (secondary N) is 1. The lowest BCUT2D eigenvalue weighted by Crippen LogP contribution is -2.37. The van der Waals surface area contributed by atoms with Crippen LogP contribution in [0.5, 0.6) is 5.75 Å². The Morgan fingerprint density at radius 2 is 1.78 bits per heavy atom. The van der Waals surface area contributed by atoms with Gasteiger partial charge in [0.1, 0.15) is 5.75 Å². The highest BCUT2D eigenvalue weighted by Crippen LogP contribution is 2.25. The van der Waals surface area contributed by atoms with Crippen LogP contribution < -0.4 is 10.1 Å². The van der Waals surface area contributed by atoms with Crippen LogP contribution in [0.4, 0.5) is 0 Å². The number of hydrogen-bond donors (Lipinski definition) is 1. The second kappa shape index (κ2) is 5.75. The standard InChI is InChI=1S/C16H27NO/c1-15(2,3)13-8-7-9-14(12-13)18-11-10-16(4,5)17-6/h7-9,12,17H,10-11H2,1-6H3. The average molecular weight is 249 g/mol. The monoisotopic (exact) mass is 249 g/mol. The summed E-state index contributed by atoms with van der Waals surface area (Å²) in [7, 11) is 1.99. The van der Waals surface area contributed by atoms with Gasteiger partial charge in [-0.25, -0.2) is 0 Å². The summed E-state index contributed by atoms with van der Waals surface area (Å²) < 4.78 is 5.84. The van der Waals surface area contributed by atoms with Gasteiger partial charge in [-0.3, -0.25) is 0 Å². The SMILES string of the molecule is CNC(C)(C)CCOc1cccc(C(C)(C)C)c1. The summed E-state index contributed by atoms with van der Waals surface area (Å²) in [6.07, 6.45) is 0.989. The van der Waals surface area contributed by atoms with Crippen LogP contribution in [0.25, 0.3) is 0 Å². The minimum Gasteiger partial charge on any atom is -0.494 e. The minimum absolute atomic E-state index is 0.127. The Bertz CT molecular complexity index is 377. The van der Waals surface area contributed by atoms with Crippen molar-refractivity contribution >= 4 is 0 Å². The van der Waals surface area contributed by atoms with E-state index in [1.807, 2.05) is 13.1 Å². The van der Waals surface area contributed by atoms with Gasteiger partial charge in [-0.15, -0.1) is 0 Å². The third-order valence-corrected chi connectivity index (χ3v) is 3.37. The highest BCUT2D eigenvalue weighted by molar-refractivity contribution is 5.32. The van der Waals surface area contributed by atoms with E-state index in [-0.39, 0.29) is 11.0 Å². The predicted octanol–water partition coefficient (Wildman–Crippen LogP) is 3.75. The molecule has 0 heterocycles. The molecule has 0 atom stereocenters. The molecule has 1 aromatic rings. The molecule has 0 radical (unpaired) electrons. The lowest BCUT2D eigenvalue weighted by molar-refractivity contribution is 0.255.